The summed E-state index contributed by atoms with van der Waals surface area (Å²) in [7, 11) is 0. The molecule has 0 amide bonds. The Labute approximate surface area is 79.4 Å². The van der Waals surface area contributed by atoms with Crippen LogP contribution >= 0.6 is 0 Å². The molecule has 13 heavy (non-hydrogen) atoms. The predicted molar refractivity (Wildman–Crippen MR) is 51.3 cm³/mol. The predicted octanol–water partition coefficient (Wildman–Crippen LogP) is 1.66. The van der Waals surface area contributed by atoms with Gasteiger partial charge in [-0.2, -0.15) is 0 Å². The molecule has 1 atom stereocenters. The Kier molecular flexibility index (Phi) is 4.70. The maximum atomic E-state index is 11.0. The van der Waals surface area contributed by atoms with Gasteiger partial charge in [-0.1, -0.05) is 5.57 Å². The maximum absolute atomic E-state index is 11.0. The van der Waals surface area contributed by atoms with Crippen molar-refractivity contribution in [3.8, 4) is 0 Å². The number of ether oxygens (including phenoxy) is 1. The van der Waals surface area contributed by atoms with Crippen molar-refractivity contribution in [3.05, 3.63) is 12.2 Å². The minimum absolute atomic E-state index is 0.0215. The molecule has 0 fully saturated rings. The molecular weight excluding hydrogens is 168 g/mol. The summed E-state index contributed by atoms with van der Waals surface area (Å²) >= 11 is 0. The van der Waals surface area contributed by atoms with Gasteiger partial charge in [0.25, 0.3) is 0 Å². The molecule has 0 spiro atoms. The zero-order chi connectivity index (χ0) is 10.5. The van der Waals surface area contributed by atoms with Crippen molar-refractivity contribution in [3.63, 3.8) is 0 Å². The third-order valence-electron chi connectivity index (χ3n) is 1.51. The summed E-state index contributed by atoms with van der Waals surface area (Å²) in [5.74, 6) is -0.367. The second kappa shape index (κ2) is 5.02. The van der Waals surface area contributed by atoms with E-state index in [1.165, 1.54) is 0 Å². The normalized spacial score (nSPS) is 14.8. The molecule has 1 unspecified atom stereocenters. The van der Waals surface area contributed by atoms with Gasteiger partial charge in [0.2, 0.25) is 0 Å². The van der Waals surface area contributed by atoms with Gasteiger partial charge in [0.05, 0.1) is 18.6 Å². The molecule has 0 rings (SSSR count). The highest BCUT2D eigenvalue weighted by molar-refractivity contribution is 5.70. The van der Waals surface area contributed by atoms with Gasteiger partial charge < -0.3 is 9.84 Å². The van der Waals surface area contributed by atoms with Crippen LogP contribution in [-0.4, -0.2) is 23.3 Å². The number of carbonyl (C=O) groups is 1. The smallest absolute Gasteiger partial charge is 0.308 e. The van der Waals surface area contributed by atoms with E-state index in [-0.39, 0.29) is 12.4 Å². The Morgan fingerprint density at radius 3 is 2.46 bits per heavy atom. The second-order valence-corrected chi connectivity index (χ2v) is 3.61. The lowest BCUT2D eigenvalue weighted by atomic mass is 9.95. The number of hydrogen-bond acceptors (Lipinski definition) is 3. The zero-order valence-corrected chi connectivity index (χ0v) is 8.59. The molecule has 0 aromatic heterocycles. The third-order valence-corrected chi connectivity index (χ3v) is 1.51. The van der Waals surface area contributed by atoms with Crippen molar-refractivity contribution in [2.75, 3.05) is 6.61 Å². The van der Waals surface area contributed by atoms with Crippen LogP contribution in [-0.2, 0) is 9.53 Å². The Bertz CT molecular complexity index is 194. The molecule has 0 aliphatic heterocycles. The van der Waals surface area contributed by atoms with E-state index >= 15 is 0 Å². The van der Waals surface area contributed by atoms with Crippen LogP contribution in [0.1, 0.15) is 33.6 Å². The number of carbonyl (C=O) groups excluding carboxylic acids is 1. The molecule has 0 radical (unpaired) electrons. The van der Waals surface area contributed by atoms with E-state index in [1.807, 2.05) is 6.92 Å². The van der Waals surface area contributed by atoms with E-state index in [1.54, 1.807) is 13.8 Å². The highest BCUT2D eigenvalue weighted by atomic mass is 16.5. The van der Waals surface area contributed by atoms with Crippen LogP contribution in [0.15, 0.2) is 12.2 Å². The van der Waals surface area contributed by atoms with Crippen LogP contribution in [0.5, 0.6) is 0 Å². The average molecular weight is 186 g/mol. The van der Waals surface area contributed by atoms with Crippen LogP contribution in [0, 0.1) is 0 Å². The quantitative estimate of drug-likeness (QED) is 0.524. The van der Waals surface area contributed by atoms with E-state index < -0.39 is 5.60 Å². The molecule has 0 bridgehead atoms. The van der Waals surface area contributed by atoms with Gasteiger partial charge in [-0.15, -0.1) is 6.58 Å². The van der Waals surface area contributed by atoms with Gasteiger partial charge in [0.15, 0.2) is 0 Å². The van der Waals surface area contributed by atoms with Crippen molar-refractivity contribution >= 4 is 5.97 Å². The highest BCUT2D eigenvalue weighted by Gasteiger charge is 2.24. The fraction of sp³-hybridized carbons (Fsp3) is 0.700. The molecule has 3 nitrogen and oxygen atoms in total. The molecule has 0 heterocycles. The van der Waals surface area contributed by atoms with Gasteiger partial charge >= 0.3 is 5.97 Å². The van der Waals surface area contributed by atoms with E-state index in [0.717, 1.165) is 5.57 Å². The molecule has 0 aliphatic carbocycles. The number of esters is 1. The van der Waals surface area contributed by atoms with Crippen molar-refractivity contribution in [2.45, 2.75) is 39.2 Å². The SMILES string of the molecule is C=C(C)CC(C)(O)CC(=O)OCC. The summed E-state index contributed by atoms with van der Waals surface area (Å²) in [5.41, 5.74) is -0.174. The van der Waals surface area contributed by atoms with E-state index in [4.69, 9.17) is 4.74 Å². The first-order valence-corrected chi connectivity index (χ1v) is 4.40. The fourth-order valence-corrected chi connectivity index (χ4v) is 1.24. The van der Waals surface area contributed by atoms with E-state index in [9.17, 15) is 9.90 Å². The topological polar surface area (TPSA) is 46.5 Å². The lowest BCUT2D eigenvalue weighted by Gasteiger charge is -2.21. The molecular formula is C10H18O3. The fourth-order valence-electron chi connectivity index (χ4n) is 1.24. The van der Waals surface area contributed by atoms with Gasteiger partial charge in [0, 0.05) is 0 Å². The van der Waals surface area contributed by atoms with Gasteiger partial charge in [-0.3, -0.25) is 4.79 Å². The van der Waals surface area contributed by atoms with Gasteiger partial charge in [-0.05, 0) is 27.2 Å². The molecule has 0 aromatic rings. The lowest BCUT2D eigenvalue weighted by molar-refractivity contribution is -0.148. The summed E-state index contributed by atoms with van der Waals surface area (Å²) in [6, 6.07) is 0. The largest absolute Gasteiger partial charge is 0.466 e. The first kappa shape index (κ1) is 12.2. The van der Waals surface area contributed by atoms with Crippen LogP contribution in [0.25, 0.3) is 0 Å². The Morgan fingerprint density at radius 2 is 2.08 bits per heavy atom. The summed E-state index contributed by atoms with van der Waals surface area (Å²) in [4.78, 5) is 11.0. The Balaban J connectivity index is 4.00. The third kappa shape index (κ3) is 6.34. The van der Waals surface area contributed by atoms with E-state index in [0.29, 0.717) is 13.0 Å². The van der Waals surface area contributed by atoms with Gasteiger partial charge in [0.1, 0.15) is 0 Å². The van der Waals surface area contributed by atoms with Crippen molar-refractivity contribution in [1.29, 1.82) is 0 Å². The minimum atomic E-state index is -1.03. The summed E-state index contributed by atoms with van der Waals surface area (Å²) in [6.45, 7) is 9.20. The van der Waals surface area contributed by atoms with Crippen LogP contribution in [0.2, 0.25) is 0 Å². The minimum Gasteiger partial charge on any atom is -0.466 e. The Hall–Kier alpha value is -0.830. The number of rotatable bonds is 5. The standard InChI is InChI=1S/C10H18O3/c1-5-13-9(11)7-10(4,12)6-8(2)3/h12H,2,5-7H2,1,3-4H3. The lowest BCUT2D eigenvalue weighted by Crippen LogP contribution is -2.29. The highest BCUT2D eigenvalue weighted by Crippen LogP contribution is 2.19. The van der Waals surface area contributed by atoms with Crippen LogP contribution in [0.3, 0.4) is 0 Å². The molecule has 0 aliphatic rings. The van der Waals surface area contributed by atoms with Crippen molar-refractivity contribution in [1.82, 2.24) is 0 Å². The molecule has 0 saturated carbocycles. The van der Waals surface area contributed by atoms with Gasteiger partial charge in [-0.25, -0.2) is 0 Å². The van der Waals surface area contributed by atoms with Crippen LogP contribution < -0.4 is 0 Å². The molecule has 1 N–H and O–H groups in total. The molecule has 0 saturated heterocycles. The summed E-state index contributed by atoms with van der Waals surface area (Å²) in [6.07, 6.45) is 0.444. The van der Waals surface area contributed by atoms with Crippen molar-refractivity contribution < 1.29 is 14.6 Å². The molecule has 76 valence electrons. The maximum Gasteiger partial charge on any atom is 0.308 e. The molecule has 3 heteroatoms. The second-order valence-electron chi connectivity index (χ2n) is 3.61. The van der Waals surface area contributed by atoms with Crippen molar-refractivity contribution in [2.24, 2.45) is 0 Å². The zero-order valence-electron chi connectivity index (χ0n) is 8.59. The summed E-state index contributed by atoms with van der Waals surface area (Å²) < 4.78 is 4.73. The van der Waals surface area contributed by atoms with Crippen LogP contribution in [0.4, 0.5) is 0 Å². The first-order valence-electron chi connectivity index (χ1n) is 4.40. The monoisotopic (exact) mass is 186 g/mol. The first-order chi connectivity index (χ1) is 5.87. The molecule has 0 aromatic carbocycles. The summed E-state index contributed by atoms with van der Waals surface area (Å²) in [5, 5.41) is 9.72. The number of aliphatic hydroxyl groups is 1. The van der Waals surface area contributed by atoms with E-state index in [2.05, 4.69) is 6.58 Å². The average Bonchev–Trinajstić information content (AvgIpc) is 1.81. The number of hydrogen-bond donors (Lipinski definition) is 1. The Morgan fingerprint density at radius 1 is 1.54 bits per heavy atom.